The maximum atomic E-state index is 12.3. The van der Waals surface area contributed by atoms with Gasteiger partial charge in [-0.3, -0.25) is 4.79 Å². The molecular weight excluding hydrogens is 266 g/mol. The second-order valence-corrected chi connectivity index (χ2v) is 6.25. The Bertz CT molecular complexity index is 509. The van der Waals surface area contributed by atoms with E-state index in [-0.39, 0.29) is 5.91 Å². The summed E-state index contributed by atoms with van der Waals surface area (Å²) in [6.07, 6.45) is 4.25. The van der Waals surface area contributed by atoms with Gasteiger partial charge >= 0.3 is 0 Å². The minimum Gasteiger partial charge on any atom is -0.386 e. The standard InChI is InChI=1S/C17H23NO3/c1-16(2,20)8-9-17(21)10-12-18(13-11-17)15(19)14-6-4-3-5-7-14/h3-9,20-21H,10-13H2,1-2H3/b9-8-. The minimum absolute atomic E-state index is 0.00381. The van der Waals surface area contributed by atoms with E-state index in [1.807, 2.05) is 18.2 Å². The molecule has 1 heterocycles. The van der Waals surface area contributed by atoms with Crippen molar-refractivity contribution in [1.82, 2.24) is 4.90 Å². The molecule has 4 heteroatoms. The number of hydrogen-bond donors (Lipinski definition) is 2. The Morgan fingerprint density at radius 3 is 2.33 bits per heavy atom. The van der Waals surface area contributed by atoms with Crippen molar-refractivity contribution >= 4 is 5.91 Å². The summed E-state index contributed by atoms with van der Waals surface area (Å²) in [5.74, 6) is 0.00381. The first kappa shape index (κ1) is 15.7. The van der Waals surface area contributed by atoms with Crippen molar-refractivity contribution in [2.24, 2.45) is 0 Å². The van der Waals surface area contributed by atoms with Crippen molar-refractivity contribution in [2.45, 2.75) is 37.9 Å². The molecule has 2 N–H and O–H groups in total. The van der Waals surface area contributed by atoms with Gasteiger partial charge in [0.2, 0.25) is 0 Å². The Balaban J connectivity index is 1.97. The highest BCUT2D eigenvalue weighted by molar-refractivity contribution is 5.94. The van der Waals surface area contributed by atoms with Gasteiger partial charge in [0.15, 0.2) is 0 Å². The second kappa shape index (κ2) is 6.00. The van der Waals surface area contributed by atoms with Gasteiger partial charge in [0.25, 0.3) is 5.91 Å². The highest BCUT2D eigenvalue weighted by Gasteiger charge is 2.32. The predicted octanol–water partition coefficient (Wildman–Crippen LogP) is 1.98. The SMILES string of the molecule is CC(C)(O)/C=C\C1(O)CCN(C(=O)c2ccccc2)CC1. The smallest absolute Gasteiger partial charge is 0.253 e. The molecule has 21 heavy (non-hydrogen) atoms. The number of hydrogen-bond acceptors (Lipinski definition) is 3. The molecule has 1 saturated heterocycles. The van der Waals surface area contributed by atoms with Crippen LogP contribution in [0.3, 0.4) is 0 Å². The summed E-state index contributed by atoms with van der Waals surface area (Å²) in [5.41, 5.74) is -1.20. The van der Waals surface area contributed by atoms with E-state index >= 15 is 0 Å². The van der Waals surface area contributed by atoms with E-state index < -0.39 is 11.2 Å². The first-order chi connectivity index (χ1) is 9.79. The molecule has 2 rings (SSSR count). The molecule has 114 valence electrons. The number of piperidine rings is 1. The molecule has 1 aromatic carbocycles. The maximum absolute atomic E-state index is 12.3. The van der Waals surface area contributed by atoms with Crippen LogP contribution in [0.5, 0.6) is 0 Å². The van der Waals surface area contributed by atoms with Crippen LogP contribution in [0, 0.1) is 0 Å². The molecule has 0 unspecified atom stereocenters. The van der Waals surface area contributed by atoms with Gasteiger partial charge in [0.1, 0.15) is 0 Å². The summed E-state index contributed by atoms with van der Waals surface area (Å²) in [7, 11) is 0. The lowest BCUT2D eigenvalue weighted by atomic mass is 9.89. The molecule has 0 bridgehead atoms. The molecule has 1 fully saturated rings. The topological polar surface area (TPSA) is 60.8 Å². The number of benzene rings is 1. The lowest BCUT2D eigenvalue weighted by Gasteiger charge is -2.36. The number of likely N-dealkylation sites (tertiary alicyclic amines) is 1. The van der Waals surface area contributed by atoms with Gasteiger partial charge in [0, 0.05) is 18.7 Å². The summed E-state index contributed by atoms with van der Waals surface area (Å²) >= 11 is 0. The van der Waals surface area contributed by atoms with E-state index in [1.165, 1.54) is 0 Å². The fraction of sp³-hybridized carbons (Fsp3) is 0.471. The van der Waals surface area contributed by atoms with Crippen LogP contribution in [0.25, 0.3) is 0 Å². The lowest BCUT2D eigenvalue weighted by Crippen LogP contribution is -2.46. The Morgan fingerprint density at radius 2 is 1.81 bits per heavy atom. The number of amides is 1. The number of aliphatic hydroxyl groups is 2. The third kappa shape index (κ3) is 4.41. The Labute approximate surface area is 125 Å². The van der Waals surface area contributed by atoms with E-state index in [0.717, 1.165) is 0 Å². The number of rotatable bonds is 3. The van der Waals surface area contributed by atoms with Crippen LogP contribution in [0.15, 0.2) is 42.5 Å². The zero-order chi connectivity index (χ0) is 15.5. The fourth-order valence-electron chi connectivity index (χ4n) is 2.39. The molecule has 4 nitrogen and oxygen atoms in total. The Morgan fingerprint density at radius 1 is 1.24 bits per heavy atom. The normalized spacial score (nSPS) is 19.0. The zero-order valence-electron chi connectivity index (χ0n) is 12.6. The quantitative estimate of drug-likeness (QED) is 0.837. The summed E-state index contributed by atoms with van der Waals surface area (Å²) < 4.78 is 0. The largest absolute Gasteiger partial charge is 0.386 e. The second-order valence-electron chi connectivity index (χ2n) is 6.25. The van der Waals surface area contributed by atoms with Gasteiger partial charge in [-0.2, -0.15) is 0 Å². The number of carbonyl (C=O) groups is 1. The molecule has 1 aromatic rings. The molecule has 0 radical (unpaired) electrons. The third-order valence-electron chi connectivity index (χ3n) is 3.74. The van der Waals surface area contributed by atoms with E-state index in [9.17, 15) is 15.0 Å². The molecule has 1 aliphatic heterocycles. The molecule has 1 aliphatic rings. The highest BCUT2D eigenvalue weighted by Crippen LogP contribution is 2.25. The van der Waals surface area contributed by atoms with Crippen LogP contribution >= 0.6 is 0 Å². The van der Waals surface area contributed by atoms with Gasteiger partial charge in [-0.25, -0.2) is 0 Å². The van der Waals surface area contributed by atoms with Gasteiger partial charge in [-0.15, -0.1) is 0 Å². The summed E-state index contributed by atoms with van der Waals surface area (Å²) in [6.45, 7) is 4.36. The summed E-state index contributed by atoms with van der Waals surface area (Å²) in [6, 6.07) is 9.18. The minimum atomic E-state index is -0.938. The first-order valence-electron chi connectivity index (χ1n) is 7.29. The molecular formula is C17H23NO3. The van der Waals surface area contributed by atoms with Crippen molar-refractivity contribution in [3.63, 3.8) is 0 Å². The Kier molecular flexibility index (Phi) is 4.49. The molecule has 1 amide bonds. The van der Waals surface area contributed by atoms with E-state index in [0.29, 0.717) is 31.5 Å². The van der Waals surface area contributed by atoms with Crippen LogP contribution in [0.4, 0.5) is 0 Å². The Hall–Kier alpha value is -1.65. The van der Waals surface area contributed by atoms with Gasteiger partial charge < -0.3 is 15.1 Å². The fourth-order valence-corrected chi connectivity index (χ4v) is 2.39. The van der Waals surface area contributed by atoms with Crippen molar-refractivity contribution < 1.29 is 15.0 Å². The maximum Gasteiger partial charge on any atom is 0.253 e. The van der Waals surface area contributed by atoms with Crippen LogP contribution < -0.4 is 0 Å². The van der Waals surface area contributed by atoms with Crippen molar-refractivity contribution in [3.05, 3.63) is 48.0 Å². The van der Waals surface area contributed by atoms with Gasteiger partial charge in [-0.1, -0.05) is 30.4 Å². The lowest BCUT2D eigenvalue weighted by molar-refractivity contribution is 0.0170. The number of nitrogens with zero attached hydrogens (tertiary/aromatic N) is 1. The van der Waals surface area contributed by atoms with Crippen molar-refractivity contribution in [1.29, 1.82) is 0 Å². The number of carbonyl (C=O) groups excluding carboxylic acids is 1. The van der Waals surface area contributed by atoms with Crippen molar-refractivity contribution in [2.75, 3.05) is 13.1 Å². The van der Waals surface area contributed by atoms with E-state index in [2.05, 4.69) is 0 Å². The summed E-state index contributed by atoms with van der Waals surface area (Å²) in [4.78, 5) is 14.1. The van der Waals surface area contributed by atoms with Crippen LogP contribution in [-0.4, -0.2) is 45.3 Å². The molecule has 0 spiro atoms. The van der Waals surface area contributed by atoms with Crippen LogP contribution in [0.1, 0.15) is 37.0 Å². The molecule has 0 saturated carbocycles. The van der Waals surface area contributed by atoms with Gasteiger partial charge in [-0.05, 0) is 38.8 Å². The van der Waals surface area contributed by atoms with Gasteiger partial charge in [0.05, 0.1) is 11.2 Å². The third-order valence-corrected chi connectivity index (χ3v) is 3.74. The van der Waals surface area contributed by atoms with Crippen LogP contribution in [-0.2, 0) is 0 Å². The van der Waals surface area contributed by atoms with E-state index in [4.69, 9.17) is 0 Å². The molecule has 0 atom stereocenters. The molecule has 0 aliphatic carbocycles. The first-order valence-corrected chi connectivity index (χ1v) is 7.29. The predicted molar refractivity (Wildman–Crippen MR) is 82.0 cm³/mol. The van der Waals surface area contributed by atoms with Crippen LogP contribution in [0.2, 0.25) is 0 Å². The average Bonchev–Trinajstić information content (AvgIpc) is 2.46. The summed E-state index contributed by atoms with van der Waals surface area (Å²) in [5, 5.41) is 20.2. The zero-order valence-corrected chi connectivity index (χ0v) is 12.6. The average molecular weight is 289 g/mol. The highest BCUT2D eigenvalue weighted by atomic mass is 16.3. The van der Waals surface area contributed by atoms with Crippen molar-refractivity contribution in [3.8, 4) is 0 Å². The monoisotopic (exact) mass is 289 g/mol. The van der Waals surface area contributed by atoms with E-state index in [1.54, 1.807) is 43.0 Å². The molecule has 0 aromatic heterocycles.